The SMILES string of the molecule is COC(=O)Cc1cc(OC)c(N)cc1[N+](=O)[O-]. The van der Waals surface area contributed by atoms with E-state index in [4.69, 9.17) is 10.5 Å². The Morgan fingerprint density at radius 2 is 2.12 bits per heavy atom. The van der Waals surface area contributed by atoms with Gasteiger partial charge in [-0.2, -0.15) is 0 Å². The van der Waals surface area contributed by atoms with Crippen molar-refractivity contribution < 1.29 is 19.2 Å². The molecule has 1 aromatic carbocycles. The molecule has 0 radical (unpaired) electrons. The van der Waals surface area contributed by atoms with E-state index >= 15 is 0 Å². The number of hydrogen-bond acceptors (Lipinski definition) is 6. The first-order chi connectivity index (χ1) is 7.99. The smallest absolute Gasteiger partial charge is 0.310 e. The largest absolute Gasteiger partial charge is 0.495 e. The van der Waals surface area contributed by atoms with Crippen molar-refractivity contribution in [3.05, 3.63) is 27.8 Å². The zero-order valence-electron chi connectivity index (χ0n) is 9.43. The van der Waals surface area contributed by atoms with E-state index in [1.807, 2.05) is 0 Å². The number of benzene rings is 1. The summed E-state index contributed by atoms with van der Waals surface area (Å²) in [6, 6.07) is 2.53. The molecule has 7 nitrogen and oxygen atoms in total. The fraction of sp³-hybridized carbons (Fsp3) is 0.300. The molecule has 7 heteroatoms. The Morgan fingerprint density at radius 3 is 2.59 bits per heavy atom. The first-order valence-corrected chi connectivity index (χ1v) is 4.67. The average Bonchev–Trinajstić information content (AvgIpc) is 2.30. The number of nitrogens with two attached hydrogens (primary N) is 1. The van der Waals surface area contributed by atoms with Gasteiger partial charge in [-0.1, -0.05) is 0 Å². The first-order valence-electron chi connectivity index (χ1n) is 4.67. The Kier molecular flexibility index (Phi) is 3.86. The van der Waals surface area contributed by atoms with Gasteiger partial charge in [0.25, 0.3) is 5.69 Å². The third kappa shape index (κ3) is 2.83. The molecule has 0 spiro atoms. The molecule has 0 saturated heterocycles. The maximum absolute atomic E-state index is 11.1. The summed E-state index contributed by atoms with van der Waals surface area (Å²) in [4.78, 5) is 21.3. The second kappa shape index (κ2) is 5.15. The zero-order chi connectivity index (χ0) is 13.0. The van der Waals surface area contributed by atoms with Crippen LogP contribution in [0.3, 0.4) is 0 Å². The van der Waals surface area contributed by atoms with Gasteiger partial charge in [-0.15, -0.1) is 0 Å². The molecule has 0 aliphatic rings. The second-order valence-corrected chi connectivity index (χ2v) is 3.23. The molecule has 0 unspecified atom stereocenters. The number of nitrogens with zero attached hydrogens (tertiary/aromatic N) is 1. The molecule has 0 amide bonds. The van der Waals surface area contributed by atoms with Gasteiger partial charge in [-0.05, 0) is 6.07 Å². The van der Waals surface area contributed by atoms with E-state index < -0.39 is 10.9 Å². The summed E-state index contributed by atoms with van der Waals surface area (Å²) >= 11 is 0. The highest BCUT2D eigenvalue weighted by atomic mass is 16.6. The number of methoxy groups -OCH3 is 2. The number of rotatable bonds is 4. The van der Waals surface area contributed by atoms with Crippen LogP contribution < -0.4 is 10.5 Å². The zero-order valence-corrected chi connectivity index (χ0v) is 9.43. The van der Waals surface area contributed by atoms with Crippen LogP contribution in [-0.4, -0.2) is 25.1 Å². The van der Waals surface area contributed by atoms with Crippen LogP contribution in [0.15, 0.2) is 12.1 Å². The number of carbonyl (C=O) groups is 1. The third-order valence-electron chi connectivity index (χ3n) is 2.19. The van der Waals surface area contributed by atoms with Crippen LogP contribution in [0.25, 0.3) is 0 Å². The molecule has 1 rings (SSSR count). The van der Waals surface area contributed by atoms with Crippen molar-refractivity contribution in [2.24, 2.45) is 0 Å². The van der Waals surface area contributed by atoms with E-state index in [1.165, 1.54) is 20.3 Å². The standard InChI is InChI=1S/C10H12N2O5/c1-16-9-3-6(4-10(13)17-2)8(12(14)15)5-7(9)11/h3,5H,4,11H2,1-2H3. The van der Waals surface area contributed by atoms with Gasteiger partial charge in [0, 0.05) is 11.6 Å². The van der Waals surface area contributed by atoms with Gasteiger partial charge in [0.05, 0.1) is 31.3 Å². The average molecular weight is 240 g/mol. The van der Waals surface area contributed by atoms with E-state index in [0.717, 1.165) is 6.07 Å². The molecule has 1 aromatic rings. The van der Waals surface area contributed by atoms with Crippen LogP contribution in [0.1, 0.15) is 5.56 Å². The monoisotopic (exact) mass is 240 g/mol. The maximum Gasteiger partial charge on any atom is 0.310 e. The molecule has 0 fully saturated rings. The van der Waals surface area contributed by atoms with Crippen molar-refractivity contribution in [3.63, 3.8) is 0 Å². The summed E-state index contributed by atoms with van der Waals surface area (Å²) in [7, 11) is 2.60. The molecule has 0 aromatic heterocycles. The lowest BCUT2D eigenvalue weighted by Gasteiger charge is -2.07. The Hall–Kier alpha value is -2.31. The molecule has 0 saturated carbocycles. The Balaban J connectivity index is 3.23. The van der Waals surface area contributed by atoms with Crippen molar-refractivity contribution >= 4 is 17.3 Å². The Bertz CT molecular complexity index is 458. The van der Waals surface area contributed by atoms with Gasteiger partial charge in [0.1, 0.15) is 5.75 Å². The minimum Gasteiger partial charge on any atom is -0.495 e. The lowest BCUT2D eigenvalue weighted by Crippen LogP contribution is -2.08. The third-order valence-corrected chi connectivity index (χ3v) is 2.19. The number of nitro groups is 1. The topological polar surface area (TPSA) is 105 Å². The summed E-state index contributed by atoms with van der Waals surface area (Å²) < 4.78 is 9.39. The lowest BCUT2D eigenvalue weighted by molar-refractivity contribution is -0.385. The van der Waals surface area contributed by atoms with Gasteiger partial charge in [0.2, 0.25) is 0 Å². The Labute approximate surface area is 97.3 Å². The number of ether oxygens (including phenoxy) is 2. The molecule has 0 aliphatic heterocycles. The molecule has 0 atom stereocenters. The van der Waals surface area contributed by atoms with Crippen molar-refractivity contribution in [1.29, 1.82) is 0 Å². The summed E-state index contributed by atoms with van der Waals surface area (Å²) in [6.45, 7) is 0. The molecule has 0 aliphatic carbocycles. The fourth-order valence-electron chi connectivity index (χ4n) is 1.34. The van der Waals surface area contributed by atoms with Crippen LogP contribution in [0.2, 0.25) is 0 Å². The normalized spacial score (nSPS) is 9.76. The van der Waals surface area contributed by atoms with Gasteiger partial charge >= 0.3 is 5.97 Å². The molecule has 0 bridgehead atoms. The summed E-state index contributed by atoms with van der Waals surface area (Å²) in [6.07, 6.45) is -0.205. The number of anilines is 1. The van der Waals surface area contributed by atoms with Crippen molar-refractivity contribution in [2.75, 3.05) is 20.0 Å². The minimum absolute atomic E-state index is 0.146. The van der Waals surface area contributed by atoms with Gasteiger partial charge in [-0.25, -0.2) is 0 Å². The van der Waals surface area contributed by atoms with E-state index in [0.29, 0.717) is 0 Å². The van der Waals surface area contributed by atoms with Crippen LogP contribution in [0, 0.1) is 10.1 Å². The predicted molar refractivity (Wildman–Crippen MR) is 59.8 cm³/mol. The van der Waals surface area contributed by atoms with Gasteiger partial charge in [0.15, 0.2) is 0 Å². The predicted octanol–water partition coefficient (Wildman–Crippen LogP) is 0.901. The molecule has 2 N–H and O–H groups in total. The van der Waals surface area contributed by atoms with Gasteiger partial charge < -0.3 is 15.2 Å². The van der Waals surface area contributed by atoms with Crippen LogP contribution in [-0.2, 0) is 16.0 Å². The molecule has 17 heavy (non-hydrogen) atoms. The molecular formula is C10H12N2O5. The number of carbonyl (C=O) groups excluding carboxylic acids is 1. The van der Waals surface area contributed by atoms with Crippen LogP contribution in [0.5, 0.6) is 5.75 Å². The Morgan fingerprint density at radius 1 is 1.47 bits per heavy atom. The summed E-state index contributed by atoms with van der Waals surface area (Å²) in [5.74, 6) is -0.283. The summed E-state index contributed by atoms with van der Waals surface area (Å²) in [5.41, 5.74) is 5.68. The quantitative estimate of drug-likeness (QED) is 0.363. The van der Waals surface area contributed by atoms with E-state index in [1.54, 1.807) is 0 Å². The number of esters is 1. The highest BCUT2D eigenvalue weighted by Gasteiger charge is 2.20. The highest BCUT2D eigenvalue weighted by molar-refractivity contribution is 5.75. The highest BCUT2D eigenvalue weighted by Crippen LogP contribution is 2.30. The van der Waals surface area contributed by atoms with Crippen LogP contribution >= 0.6 is 0 Å². The number of hydrogen-bond donors (Lipinski definition) is 1. The van der Waals surface area contributed by atoms with E-state index in [-0.39, 0.29) is 29.1 Å². The van der Waals surface area contributed by atoms with Gasteiger partial charge in [-0.3, -0.25) is 14.9 Å². The second-order valence-electron chi connectivity index (χ2n) is 3.23. The van der Waals surface area contributed by atoms with Crippen molar-refractivity contribution in [2.45, 2.75) is 6.42 Å². The summed E-state index contributed by atoms with van der Waals surface area (Å²) in [5, 5.41) is 10.8. The number of nitro benzene ring substituents is 1. The first kappa shape index (κ1) is 12.8. The van der Waals surface area contributed by atoms with Crippen LogP contribution in [0.4, 0.5) is 11.4 Å². The molecular weight excluding hydrogens is 228 g/mol. The molecule has 92 valence electrons. The van der Waals surface area contributed by atoms with E-state index in [2.05, 4.69) is 4.74 Å². The maximum atomic E-state index is 11.1. The van der Waals surface area contributed by atoms with Crippen molar-refractivity contribution in [1.82, 2.24) is 0 Å². The molecule has 0 heterocycles. The number of nitrogen functional groups attached to an aromatic ring is 1. The van der Waals surface area contributed by atoms with E-state index in [9.17, 15) is 14.9 Å². The minimum atomic E-state index is -0.603. The lowest BCUT2D eigenvalue weighted by atomic mass is 10.1. The van der Waals surface area contributed by atoms with Crippen molar-refractivity contribution in [3.8, 4) is 5.75 Å². The fourth-order valence-corrected chi connectivity index (χ4v) is 1.34.